The monoisotopic (exact) mass is 228 g/mol. The zero-order chi connectivity index (χ0) is 12.1. The molecule has 0 spiro atoms. The molecular weight excluding hydrogens is 216 g/mol. The SMILES string of the molecule is CC(=O)Nc1cccc(Nc2cncnc2)c1. The van der Waals surface area contributed by atoms with Gasteiger partial charge in [-0.3, -0.25) is 4.79 Å². The summed E-state index contributed by atoms with van der Waals surface area (Å²) in [6.45, 7) is 1.48. The van der Waals surface area contributed by atoms with Crippen molar-refractivity contribution in [2.24, 2.45) is 0 Å². The zero-order valence-corrected chi connectivity index (χ0v) is 9.34. The molecule has 1 aromatic heterocycles. The predicted octanol–water partition coefficient (Wildman–Crippen LogP) is 2.18. The van der Waals surface area contributed by atoms with E-state index in [1.165, 1.54) is 13.3 Å². The smallest absolute Gasteiger partial charge is 0.221 e. The Morgan fingerprint density at radius 3 is 2.53 bits per heavy atom. The number of hydrogen-bond donors (Lipinski definition) is 2. The zero-order valence-electron chi connectivity index (χ0n) is 9.34. The lowest BCUT2D eigenvalue weighted by atomic mass is 10.2. The summed E-state index contributed by atoms with van der Waals surface area (Å²) in [6.07, 6.45) is 4.83. The van der Waals surface area contributed by atoms with E-state index >= 15 is 0 Å². The molecule has 2 N–H and O–H groups in total. The Bertz CT molecular complexity index is 513. The van der Waals surface area contributed by atoms with Crippen molar-refractivity contribution in [2.45, 2.75) is 6.92 Å². The Labute approximate surface area is 98.9 Å². The second-order valence-electron chi connectivity index (χ2n) is 3.51. The standard InChI is InChI=1S/C12H12N4O/c1-9(17)15-10-3-2-4-11(5-10)16-12-6-13-8-14-7-12/h2-8,16H,1H3,(H,15,17). The van der Waals surface area contributed by atoms with Gasteiger partial charge in [0.05, 0.1) is 18.1 Å². The van der Waals surface area contributed by atoms with Crippen LogP contribution >= 0.6 is 0 Å². The molecule has 1 amide bonds. The molecule has 0 atom stereocenters. The van der Waals surface area contributed by atoms with E-state index in [2.05, 4.69) is 20.6 Å². The van der Waals surface area contributed by atoms with Gasteiger partial charge in [-0.2, -0.15) is 0 Å². The van der Waals surface area contributed by atoms with Crippen LogP contribution in [0.25, 0.3) is 0 Å². The third-order valence-corrected chi connectivity index (χ3v) is 2.03. The normalized spacial score (nSPS) is 9.71. The van der Waals surface area contributed by atoms with Crippen molar-refractivity contribution in [3.05, 3.63) is 43.0 Å². The molecule has 0 unspecified atom stereocenters. The molecule has 5 heteroatoms. The predicted molar refractivity (Wildman–Crippen MR) is 66.1 cm³/mol. The van der Waals surface area contributed by atoms with Gasteiger partial charge in [0.15, 0.2) is 0 Å². The number of aromatic nitrogens is 2. The van der Waals surface area contributed by atoms with Crippen LogP contribution in [0.15, 0.2) is 43.0 Å². The molecule has 0 aliphatic heterocycles. The third-order valence-electron chi connectivity index (χ3n) is 2.03. The highest BCUT2D eigenvalue weighted by Gasteiger charge is 1.98. The van der Waals surface area contributed by atoms with Gasteiger partial charge in [0.25, 0.3) is 0 Å². The largest absolute Gasteiger partial charge is 0.353 e. The molecule has 86 valence electrons. The summed E-state index contributed by atoms with van der Waals surface area (Å²) in [7, 11) is 0. The minimum absolute atomic E-state index is 0.0924. The van der Waals surface area contributed by atoms with Gasteiger partial charge in [-0.1, -0.05) is 6.07 Å². The van der Waals surface area contributed by atoms with Crippen LogP contribution in [-0.4, -0.2) is 15.9 Å². The summed E-state index contributed by atoms with van der Waals surface area (Å²) >= 11 is 0. The van der Waals surface area contributed by atoms with Crippen LogP contribution in [0, 0.1) is 0 Å². The number of benzene rings is 1. The van der Waals surface area contributed by atoms with E-state index < -0.39 is 0 Å². The number of hydrogen-bond acceptors (Lipinski definition) is 4. The number of carbonyl (C=O) groups is 1. The Kier molecular flexibility index (Phi) is 3.30. The maximum Gasteiger partial charge on any atom is 0.221 e. The van der Waals surface area contributed by atoms with Crippen molar-refractivity contribution >= 4 is 23.0 Å². The Hall–Kier alpha value is -2.43. The quantitative estimate of drug-likeness (QED) is 0.845. The van der Waals surface area contributed by atoms with Gasteiger partial charge in [-0.15, -0.1) is 0 Å². The van der Waals surface area contributed by atoms with Gasteiger partial charge >= 0.3 is 0 Å². The van der Waals surface area contributed by atoms with Gasteiger partial charge in [0.2, 0.25) is 5.91 Å². The molecule has 0 saturated heterocycles. The molecular formula is C12H12N4O. The Balaban J connectivity index is 2.14. The first-order valence-electron chi connectivity index (χ1n) is 5.14. The highest BCUT2D eigenvalue weighted by Crippen LogP contribution is 2.18. The van der Waals surface area contributed by atoms with E-state index in [1.807, 2.05) is 24.3 Å². The van der Waals surface area contributed by atoms with Crippen LogP contribution in [0.3, 0.4) is 0 Å². The average Bonchev–Trinajstić information content (AvgIpc) is 2.30. The molecule has 0 saturated carbocycles. The molecule has 2 aromatic rings. The number of nitrogens with one attached hydrogen (secondary N) is 2. The van der Waals surface area contributed by atoms with Gasteiger partial charge in [0, 0.05) is 18.3 Å². The molecule has 0 aliphatic carbocycles. The van der Waals surface area contributed by atoms with Gasteiger partial charge in [0.1, 0.15) is 6.33 Å². The summed E-state index contributed by atoms with van der Waals surface area (Å²) in [5.74, 6) is -0.0924. The van der Waals surface area contributed by atoms with E-state index in [-0.39, 0.29) is 5.91 Å². The summed E-state index contributed by atoms with van der Waals surface area (Å²) in [5, 5.41) is 5.86. The molecule has 1 heterocycles. The summed E-state index contributed by atoms with van der Waals surface area (Å²) in [6, 6.07) is 7.43. The second-order valence-corrected chi connectivity index (χ2v) is 3.51. The maximum absolute atomic E-state index is 10.9. The van der Waals surface area contributed by atoms with Crippen molar-refractivity contribution in [3.8, 4) is 0 Å². The van der Waals surface area contributed by atoms with Gasteiger partial charge in [-0.05, 0) is 18.2 Å². The van der Waals surface area contributed by atoms with Crippen molar-refractivity contribution in [2.75, 3.05) is 10.6 Å². The fraction of sp³-hybridized carbons (Fsp3) is 0.0833. The first-order chi connectivity index (χ1) is 8.24. The van der Waals surface area contributed by atoms with Crippen LogP contribution in [0.1, 0.15) is 6.92 Å². The van der Waals surface area contributed by atoms with E-state index in [9.17, 15) is 4.79 Å². The fourth-order valence-corrected chi connectivity index (χ4v) is 1.41. The minimum atomic E-state index is -0.0924. The van der Waals surface area contributed by atoms with Crippen LogP contribution in [0.2, 0.25) is 0 Å². The van der Waals surface area contributed by atoms with E-state index in [1.54, 1.807) is 12.4 Å². The van der Waals surface area contributed by atoms with Crippen LogP contribution < -0.4 is 10.6 Å². The lowest BCUT2D eigenvalue weighted by molar-refractivity contribution is -0.114. The van der Waals surface area contributed by atoms with E-state index in [0.717, 1.165) is 17.1 Å². The second kappa shape index (κ2) is 5.07. The first-order valence-corrected chi connectivity index (χ1v) is 5.14. The Morgan fingerprint density at radius 1 is 1.12 bits per heavy atom. The average molecular weight is 228 g/mol. The van der Waals surface area contributed by atoms with Gasteiger partial charge in [-0.25, -0.2) is 9.97 Å². The lowest BCUT2D eigenvalue weighted by Crippen LogP contribution is -2.05. The molecule has 0 fully saturated rings. The molecule has 1 aromatic carbocycles. The van der Waals surface area contributed by atoms with Gasteiger partial charge < -0.3 is 10.6 Å². The molecule has 17 heavy (non-hydrogen) atoms. The highest BCUT2D eigenvalue weighted by molar-refractivity contribution is 5.89. The fourth-order valence-electron chi connectivity index (χ4n) is 1.41. The minimum Gasteiger partial charge on any atom is -0.353 e. The number of rotatable bonds is 3. The van der Waals surface area contributed by atoms with Crippen LogP contribution in [0.4, 0.5) is 17.1 Å². The topological polar surface area (TPSA) is 66.9 Å². The van der Waals surface area contributed by atoms with Crippen molar-refractivity contribution < 1.29 is 4.79 Å². The van der Waals surface area contributed by atoms with Crippen LogP contribution in [0.5, 0.6) is 0 Å². The van der Waals surface area contributed by atoms with Crippen molar-refractivity contribution in [1.29, 1.82) is 0 Å². The Morgan fingerprint density at radius 2 is 1.82 bits per heavy atom. The lowest BCUT2D eigenvalue weighted by Gasteiger charge is -2.07. The molecule has 5 nitrogen and oxygen atoms in total. The molecule has 2 rings (SSSR count). The van der Waals surface area contributed by atoms with Crippen molar-refractivity contribution in [3.63, 3.8) is 0 Å². The molecule has 0 bridgehead atoms. The summed E-state index contributed by atoms with van der Waals surface area (Å²) in [5.41, 5.74) is 2.41. The van der Waals surface area contributed by atoms with Crippen molar-refractivity contribution in [1.82, 2.24) is 9.97 Å². The molecule has 0 aliphatic rings. The van der Waals surface area contributed by atoms with Crippen LogP contribution in [-0.2, 0) is 4.79 Å². The number of carbonyl (C=O) groups excluding carboxylic acids is 1. The molecule has 0 radical (unpaired) electrons. The summed E-state index contributed by atoms with van der Waals surface area (Å²) < 4.78 is 0. The number of anilines is 3. The maximum atomic E-state index is 10.9. The first kappa shape index (κ1) is 11.1. The summed E-state index contributed by atoms with van der Waals surface area (Å²) in [4.78, 5) is 18.7. The number of nitrogens with zero attached hydrogens (tertiary/aromatic N) is 2. The van der Waals surface area contributed by atoms with E-state index in [4.69, 9.17) is 0 Å². The van der Waals surface area contributed by atoms with E-state index in [0.29, 0.717) is 0 Å². The third kappa shape index (κ3) is 3.27. The number of amides is 1. The highest BCUT2D eigenvalue weighted by atomic mass is 16.1.